The Morgan fingerprint density at radius 2 is 1.67 bits per heavy atom. The van der Waals surface area contributed by atoms with Crippen LogP contribution in [0, 0.1) is 5.92 Å². The van der Waals surface area contributed by atoms with Crippen molar-refractivity contribution in [1.82, 2.24) is 0 Å². The van der Waals surface area contributed by atoms with E-state index in [1.807, 2.05) is 37.3 Å². The van der Waals surface area contributed by atoms with Gasteiger partial charge >= 0.3 is 7.60 Å². The lowest BCUT2D eigenvalue weighted by molar-refractivity contribution is -0.123. The first-order valence-electron chi connectivity index (χ1n) is 10.4. The fourth-order valence-corrected chi connectivity index (χ4v) is 5.19. The summed E-state index contributed by atoms with van der Waals surface area (Å²) in [6.45, 7) is 13.6. The molecule has 0 aliphatic carbocycles. The highest BCUT2D eigenvalue weighted by molar-refractivity contribution is 7.54. The Kier molecular flexibility index (Phi) is 10.6. The van der Waals surface area contributed by atoms with Gasteiger partial charge in [-0.1, -0.05) is 58.0 Å². The molecule has 2 atom stereocenters. The number of carbonyl (C=O) groups is 1. The van der Waals surface area contributed by atoms with Crippen LogP contribution in [-0.4, -0.2) is 47.2 Å². The number of ketones is 1. The Labute approximate surface area is 183 Å². The molecule has 0 saturated heterocycles. The number of Topliss-reactive ketones (excluding diaryl/α,β-unsaturated/α-hetero) is 1. The first-order chi connectivity index (χ1) is 13.8. The van der Waals surface area contributed by atoms with Gasteiger partial charge in [0.1, 0.15) is 11.9 Å². The molecular weight excluding hydrogens is 419 g/mol. The minimum atomic E-state index is -3.41. The molecule has 1 rings (SSSR count). The summed E-state index contributed by atoms with van der Waals surface area (Å²) >= 11 is 0. The van der Waals surface area contributed by atoms with Gasteiger partial charge in [-0.05, 0) is 30.1 Å². The number of hydrogen-bond donors (Lipinski definition) is 0. The molecule has 0 aliphatic rings. The lowest BCUT2D eigenvalue weighted by atomic mass is 9.98. The van der Waals surface area contributed by atoms with Crippen LogP contribution in [0.2, 0.25) is 18.1 Å². The van der Waals surface area contributed by atoms with Crippen molar-refractivity contribution in [3.63, 3.8) is 0 Å². The van der Waals surface area contributed by atoms with E-state index < -0.39 is 21.8 Å². The van der Waals surface area contributed by atoms with Crippen molar-refractivity contribution in [2.24, 2.45) is 5.92 Å². The van der Waals surface area contributed by atoms with E-state index in [4.69, 9.17) is 18.2 Å². The second-order valence-corrected chi connectivity index (χ2v) is 16.2. The number of hydrogen-bond acceptors (Lipinski definition) is 6. The molecule has 0 N–H and O–H groups in total. The maximum absolute atomic E-state index is 12.9. The van der Waals surface area contributed by atoms with Crippen LogP contribution in [0.15, 0.2) is 30.3 Å². The van der Waals surface area contributed by atoms with Gasteiger partial charge in [0.2, 0.25) is 0 Å². The van der Waals surface area contributed by atoms with Crippen molar-refractivity contribution < 1.29 is 27.6 Å². The molecule has 0 fully saturated rings. The molecule has 1 aromatic rings. The average molecular weight is 459 g/mol. The second-order valence-electron chi connectivity index (χ2n) is 9.13. The molecule has 0 bridgehead atoms. The molecule has 6 nitrogen and oxygen atoms in total. The molecule has 0 radical (unpaired) electrons. The summed E-state index contributed by atoms with van der Waals surface area (Å²) in [4.78, 5) is 12.9. The summed E-state index contributed by atoms with van der Waals surface area (Å²) in [5.41, 5.74) is 1.10. The summed E-state index contributed by atoms with van der Waals surface area (Å²) in [5.74, 6) is -0.633. The fraction of sp³-hybridized carbons (Fsp3) is 0.682. The van der Waals surface area contributed by atoms with Crippen molar-refractivity contribution in [1.29, 1.82) is 0 Å². The normalized spacial score (nSPS) is 15.1. The predicted octanol–water partition coefficient (Wildman–Crippen LogP) is 5.67. The van der Waals surface area contributed by atoms with E-state index in [0.717, 1.165) is 5.56 Å². The van der Waals surface area contributed by atoms with E-state index in [1.165, 1.54) is 14.2 Å². The predicted molar refractivity (Wildman–Crippen MR) is 123 cm³/mol. The molecule has 8 heteroatoms. The quantitative estimate of drug-likeness (QED) is 0.215. The van der Waals surface area contributed by atoms with Crippen LogP contribution >= 0.6 is 7.60 Å². The van der Waals surface area contributed by atoms with Gasteiger partial charge in [0, 0.05) is 26.7 Å². The molecule has 0 spiro atoms. The molecule has 0 unspecified atom stereocenters. The lowest BCUT2D eigenvalue weighted by Gasteiger charge is -2.40. The minimum Gasteiger partial charge on any atom is -0.413 e. The van der Waals surface area contributed by atoms with E-state index in [0.29, 0.717) is 19.6 Å². The zero-order valence-electron chi connectivity index (χ0n) is 19.8. The molecule has 0 amide bonds. The van der Waals surface area contributed by atoms with Crippen LogP contribution in [0.1, 0.15) is 39.7 Å². The Bertz CT molecular complexity index is 693. The monoisotopic (exact) mass is 458 g/mol. The van der Waals surface area contributed by atoms with E-state index in [2.05, 4.69) is 33.9 Å². The number of ether oxygens (including phenoxy) is 1. The summed E-state index contributed by atoms with van der Waals surface area (Å²) in [7, 11) is -2.94. The summed E-state index contributed by atoms with van der Waals surface area (Å²) in [5, 5.41) is 0.00721. The van der Waals surface area contributed by atoms with Gasteiger partial charge in [0.15, 0.2) is 8.32 Å². The highest BCUT2D eigenvalue weighted by atomic mass is 31.2. The topological polar surface area (TPSA) is 71.1 Å². The van der Waals surface area contributed by atoms with E-state index >= 15 is 0 Å². The zero-order chi connectivity index (χ0) is 23.0. The highest BCUT2D eigenvalue weighted by Gasteiger charge is 2.41. The van der Waals surface area contributed by atoms with Gasteiger partial charge in [-0.15, -0.1) is 0 Å². The first-order valence-corrected chi connectivity index (χ1v) is 15.0. The van der Waals surface area contributed by atoms with E-state index in [-0.39, 0.29) is 23.1 Å². The SMILES string of the molecule is COP(=O)(CC(=O)[C@H](C)[C@H](CCOCc1ccccc1)O[Si](C)(C)C(C)(C)C)OC. The molecular formula is C22H39O6PSi. The maximum atomic E-state index is 12.9. The number of carbonyl (C=O) groups excluding carboxylic acids is 1. The standard InChI is InChI=1S/C22H39O6PSi/c1-18(20(23)17-29(24,25-5)26-6)21(28-30(7,8)22(2,3)4)14-15-27-16-19-12-10-9-11-13-19/h9-13,18,21H,14-17H2,1-8H3/t18-,21-/m0/s1. The van der Waals surface area contributed by atoms with Crippen LogP contribution in [0.25, 0.3) is 0 Å². The number of benzene rings is 1. The van der Waals surface area contributed by atoms with Crippen molar-refractivity contribution >= 4 is 21.7 Å². The van der Waals surface area contributed by atoms with Crippen molar-refractivity contribution in [2.75, 3.05) is 27.0 Å². The Hall–Kier alpha value is -0.823. The van der Waals surface area contributed by atoms with Gasteiger partial charge in [0.05, 0.1) is 12.7 Å². The summed E-state index contributed by atoms with van der Waals surface area (Å²) in [6, 6.07) is 9.96. The second kappa shape index (κ2) is 11.7. The fourth-order valence-electron chi connectivity index (χ4n) is 2.68. The summed E-state index contributed by atoms with van der Waals surface area (Å²) < 4.78 is 34.7. The van der Waals surface area contributed by atoms with Crippen LogP contribution in [0.5, 0.6) is 0 Å². The molecule has 0 aliphatic heterocycles. The van der Waals surface area contributed by atoms with Crippen LogP contribution in [0.4, 0.5) is 0 Å². The largest absolute Gasteiger partial charge is 0.413 e. The van der Waals surface area contributed by atoms with Crippen LogP contribution in [-0.2, 0) is 34.2 Å². The first kappa shape index (κ1) is 27.2. The smallest absolute Gasteiger partial charge is 0.337 e. The molecule has 30 heavy (non-hydrogen) atoms. The summed E-state index contributed by atoms with van der Waals surface area (Å²) in [6.07, 6.45) is -0.00348. The average Bonchev–Trinajstić information content (AvgIpc) is 2.69. The Morgan fingerprint density at radius 1 is 1.10 bits per heavy atom. The molecule has 0 saturated carbocycles. The Balaban J connectivity index is 2.85. The van der Waals surface area contributed by atoms with Gasteiger partial charge < -0.3 is 18.2 Å². The van der Waals surface area contributed by atoms with Gasteiger partial charge in [-0.25, -0.2) is 0 Å². The van der Waals surface area contributed by atoms with Crippen LogP contribution in [0.3, 0.4) is 0 Å². The van der Waals surface area contributed by atoms with Gasteiger partial charge in [-0.3, -0.25) is 9.36 Å². The number of rotatable bonds is 13. The van der Waals surface area contributed by atoms with Gasteiger partial charge in [-0.2, -0.15) is 0 Å². The zero-order valence-corrected chi connectivity index (χ0v) is 21.7. The minimum absolute atomic E-state index is 0.00721. The third kappa shape index (κ3) is 8.37. The molecule has 0 aromatic heterocycles. The maximum Gasteiger partial charge on any atom is 0.337 e. The van der Waals surface area contributed by atoms with Gasteiger partial charge in [0.25, 0.3) is 0 Å². The molecule has 1 aromatic carbocycles. The van der Waals surface area contributed by atoms with E-state index in [9.17, 15) is 9.36 Å². The Morgan fingerprint density at radius 3 is 2.17 bits per heavy atom. The molecule has 0 heterocycles. The van der Waals surface area contributed by atoms with Crippen LogP contribution < -0.4 is 0 Å². The lowest BCUT2D eigenvalue weighted by Crippen LogP contribution is -2.47. The van der Waals surface area contributed by atoms with E-state index in [1.54, 1.807) is 0 Å². The molecule has 172 valence electrons. The third-order valence-electron chi connectivity index (χ3n) is 5.88. The van der Waals surface area contributed by atoms with Crippen molar-refractivity contribution in [2.45, 2.75) is 65.0 Å². The highest BCUT2D eigenvalue weighted by Crippen LogP contribution is 2.47. The van der Waals surface area contributed by atoms with Crippen molar-refractivity contribution in [3.05, 3.63) is 35.9 Å². The third-order valence-corrected chi connectivity index (χ3v) is 12.2. The van der Waals surface area contributed by atoms with Crippen molar-refractivity contribution in [3.8, 4) is 0 Å².